The Morgan fingerprint density at radius 2 is 2.14 bits per heavy atom. The minimum absolute atomic E-state index is 0.242. The van der Waals surface area contributed by atoms with Crippen LogP contribution in [0.5, 0.6) is 0 Å². The Morgan fingerprint density at radius 1 is 1.38 bits per heavy atom. The molecule has 0 aliphatic heterocycles. The third kappa shape index (κ3) is 3.16. The van der Waals surface area contributed by atoms with Crippen molar-refractivity contribution in [1.82, 2.24) is 9.88 Å². The van der Waals surface area contributed by atoms with Crippen molar-refractivity contribution in [2.24, 2.45) is 5.73 Å². The van der Waals surface area contributed by atoms with Crippen molar-refractivity contribution in [3.63, 3.8) is 0 Å². The Morgan fingerprint density at radius 3 is 2.86 bits per heavy atom. The molecule has 21 heavy (non-hydrogen) atoms. The van der Waals surface area contributed by atoms with Gasteiger partial charge in [0.05, 0.1) is 13.1 Å². The van der Waals surface area contributed by atoms with Crippen LogP contribution in [0.2, 0.25) is 0 Å². The van der Waals surface area contributed by atoms with Crippen LogP contribution in [0, 0.1) is 0 Å². The van der Waals surface area contributed by atoms with E-state index in [0.717, 1.165) is 18.4 Å². The molecular weight excluding hydrogens is 268 g/mol. The van der Waals surface area contributed by atoms with E-state index >= 15 is 0 Å². The topological polar surface area (TPSA) is 98.4 Å². The van der Waals surface area contributed by atoms with Crippen molar-refractivity contribution in [2.75, 3.05) is 12.3 Å². The highest BCUT2D eigenvalue weighted by Crippen LogP contribution is 2.26. The number of hydrogen-bond donors (Lipinski definition) is 2. The second kappa shape index (κ2) is 5.73. The molecule has 6 heteroatoms. The summed E-state index contributed by atoms with van der Waals surface area (Å²) in [6, 6.07) is 5.78. The van der Waals surface area contributed by atoms with Gasteiger partial charge in [-0.3, -0.25) is 9.69 Å². The quantitative estimate of drug-likeness (QED) is 0.815. The maximum Gasteiger partial charge on any atom is 0.231 e. The minimum Gasteiger partial charge on any atom is -0.439 e. The van der Waals surface area contributed by atoms with Gasteiger partial charge >= 0.3 is 0 Å². The molecule has 4 N–H and O–H groups in total. The fourth-order valence-corrected chi connectivity index (χ4v) is 3.02. The lowest BCUT2D eigenvalue weighted by atomic mass is 10.2. The van der Waals surface area contributed by atoms with Crippen molar-refractivity contribution >= 4 is 22.7 Å². The van der Waals surface area contributed by atoms with Gasteiger partial charge < -0.3 is 15.9 Å². The number of carbonyl (C=O) groups is 1. The van der Waals surface area contributed by atoms with Crippen molar-refractivity contribution in [3.05, 3.63) is 24.1 Å². The van der Waals surface area contributed by atoms with Gasteiger partial charge in [-0.2, -0.15) is 0 Å². The normalized spacial score (nSPS) is 16.0. The molecule has 1 aromatic carbocycles. The Bertz CT molecular complexity index is 646. The van der Waals surface area contributed by atoms with Crippen LogP contribution in [-0.4, -0.2) is 28.4 Å². The molecule has 0 bridgehead atoms. The summed E-state index contributed by atoms with van der Waals surface area (Å²) in [5, 5.41) is 0. The molecule has 1 aromatic heterocycles. The number of hydrogen-bond acceptors (Lipinski definition) is 5. The standard InChI is InChI=1S/C15H20N4O2/c16-10-5-6-13-12(7-10)18-15(21-13)9-19(8-14(17)20)11-3-1-2-4-11/h5-7,11H,1-4,8-9,16H2,(H2,17,20). The van der Waals surface area contributed by atoms with Gasteiger partial charge in [-0.25, -0.2) is 4.98 Å². The van der Waals surface area contributed by atoms with Gasteiger partial charge in [0.15, 0.2) is 5.58 Å². The molecule has 3 rings (SSSR count). The summed E-state index contributed by atoms with van der Waals surface area (Å²) in [6.45, 7) is 0.744. The molecule has 112 valence electrons. The van der Waals surface area contributed by atoms with Gasteiger partial charge in [-0.05, 0) is 31.0 Å². The second-order valence-corrected chi connectivity index (χ2v) is 5.64. The number of aromatic nitrogens is 1. The monoisotopic (exact) mass is 288 g/mol. The third-order valence-corrected chi connectivity index (χ3v) is 3.99. The molecule has 6 nitrogen and oxygen atoms in total. The summed E-state index contributed by atoms with van der Waals surface area (Å²) in [7, 11) is 0. The minimum atomic E-state index is -0.317. The van der Waals surface area contributed by atoms with Crippen molar-refractivity contribution in [3.8, 4) is 0 Å². The van der Waals surface area contributed by atoms with Crippen LogP contribution < -0.4 is 11.5 Å². The van der Waals surface area contributed by atoms with Gasteiger partial charge in [0.25, 0.3) is 0 Å². The van der Waals surface area contributed by atoms with Crippen LogP contribution in [0.4, 0.5) is 5.69 Å². The van der Waals surface area contributed by atoms with Crippen LogP contribution in [0.25, 0.3) is 11.1 Å². The molecule has 2 aromatic rings. The first-order chi connectivity index (χ1) is 10.1. The first-order valence-electron chi connectivity index (χ1n) is 7.29. The Labute approximate surface area is 123 Å². The van der Waals surface area contributed by atoms with E-state index in [2.05, 4.69) is 9.88 Å². The van der Waals surface area contributed by atoms with Crippen LogP contribution in [0.1, 0.15) is 31.6 Å². The van der Waals surface area contributed by atoms with Crippen molar-refractivity contribution in [1.29, 1.82) is 0 Å². The van der Waals surface area contributed by atoms with Crippen LogP contribution in [0.3, 0.4) is 0 Å². The average Bonchev–Trinajstić information content (AvgIpc) is 3.05. The largest absolute Gasteiger partial charge is 0.439 e. The van der Waals surface area contributed by atoms with Gasteiger partial charge in [0, 0.05) is 11.7 Å². The lowest BCUT2D eigenvalue weighted by Crippen LogP contribution is -2.39. The summed E-state index contributed by atoms with van der Waals surface area (Å²) in [4.78, 5) is 17.8. The zero-order valence-electron chi connectivity index (χ0n) is 11.9. The SMILES string of the molecule is NC(=O)CN(Cc1nc2cc(N)ccc2o1)C1CCCC1. The third-order valence-electron chi connectivity index (χ3n) is 3.99. The Kier molecular flexibility index (Phi) is 3.79. The van der Waals surface area contributed by atoms with E-state index in [4.69, 9.17) is 15.9 Å². The highest BCUT2D eigenvalue weighted by molar-refractivity contribution is 5.77. The number of nitrogen functional groups attached to an aromatic ring is 1. The van der Waals surface area contributed by atoms with Crippen LogP contribution in [-0.2, 0) is 11.3 Å². The lowest BCUT2D eigenvalue weighted by molar-refractivity contribution is -0.119. The van der Waals surface area contributed by atoms with E-state index in [-0.39, 0.29) is 12.5 Å². The summed E-state index contributed by atoms with van der Waals surface area (Å²) in [5.74, 6) is 0.283. The van der Waals surface area contributed by atoms with E-state index in [1.807, 2.05) is 6.07 Å². The van der Waals surface area contributed by atoms with Gasteiger partial charge in [0.2, 0.25) is 11.8 Å². The number of fused-ring (bicyclic) bond motifs is 1. The van der Waals surface area contributed by atoms with Crippen LogP contribution >= 0.6 is 0 Å². The molecule has 1 fully saturated rings. The summed E-state index contributed by atoms with van der Waals surface area (Å²) in [6.07, 6.45) is 4.59. The van der Waals surface area contributed by atoms with Crippen LogP contribution in [0.15, 0.2) is 22.6 Å². The predicted molar refractivity (Wildman–Crippen MR) is 80.3 cm³/mol. The van der Waals surface area contributed by atoms with Crippen molar-refractivity contribution < 1.29 is 9.21 Å². The van der Waals surface area contributed by atoms with E-state index in [1.54, 1.807) is 12.1 Å². The zero-order chi connectivity index (χ0) is 14.8. The molecule has 0 spiro atoms. The predicted octanol–water partition coefficient (Wildman–Crippen LogP) is 1.64. The molecule has 0 atom stereocenters. The van der Waals surface area contributed by atoms with E-state index in [9.17, 15) is 4.79 Å². The van der Waals surface area contributed by atoms with E-state index in [1.165, 1.54) is 12.8 Å². The number of nitrogens with zero attached hydrogens (tertiary/aromatic N) is 2. The van der Waals surface area contributed by atoms with Gasteiger partial charge in [-0.15, -0.1) is 0 Å². The lowest BCUT2D eigenvalue weighted by Gasteiger charge is -2.25. The first-order valence-corrected chi connectivity index (χ1v) is 7.29. The number of amides is 1. The Hall–Kier alpha value is -2.08. The molecule has 0 radical (unpaired) electrons. The highest BCUT2D eigenvalue weighted by Gasteiger charge is 2.25. The number of oxazole rings is 1. The number of benzene rings is 1. The number of carbonyl (C=O) groups excluding carboxylic acids is 1. The maximum atomic E-state index is 11.3. The number of anilines is 1. The smallest absolute Gasteiger partial charge is 0.231 e. The molecule has 0 saturated heterocycles. The fraction of sp³-hybridized carbons (Fsp3) is 0.467. The maximum absolute atomic E-state index is 11.3. The number of primary amides is 1. The molecule has 1 aliphatic carbocycles. The Balaban J connectivity index is 1.80. The zero-order valence-corrected chi connectivity index (χ0v) is 11.9. The fourth-order valence-electron chi connectivity index (χ4n) is 3.02. The molecule has 0 unspecified atom stereocenters. The summed E-state index contributed by atoms with van der Waals surface area (Å²) >= 11 is 0. The molecule has 1 heterocycles. The summed E-state index contributed by atoms with van der Waals surface area (Å²) in [5.41, 5.74) is 13.2. The summed E-state index contributed by atoms with van der Waals surface area (Å²) < 4.78 is 5.73. The average molecular weight is 288 g/mol. The molecule has 1 saturated carbocycles. The molecule has 1 aliphatic rings. The van der Waals surface area contributed by atoms with Gasteiger partial charge in [-0.1, -0.05) is 12.8 Å². The first kappa shape index (κ1) is 13.9. The van der Waals surface area contributed by atoms with Gasteiger partial charge in [0.1, 0.15) is 5.52 Å². The van der Waals surface area contributed by atoms with Crippen molar-refractivity contribution in [2.45, 2.75) is 38.3 Å². The number of nitrogens with two attached hydrogens (primary N) is 2. The molecule has 1 amide bonds. The highest BCUT2D eigenvalue weighted by atomic mass is 16.3. The molecular formula is C15H20N4O2. The van der Waals surface area contributed by atoms with E-state index in [0.29, 0.717) is 29.7 Å². The second-order valence-electron chi connectivity index (χ2n) is 5.64. The van der Waals surface area contributed by atoms with E-state index < -0.39 is 0 Å². The number of rotatable bonds is 5.